The van der Waals surface area contributed by atoms with Gasteiger partial charge in [0.1, 0.15) is 0 Å². The molecular weight excluding hydrogens is 246 g/mol. The van der Waals surface area contributed by atoms with Crippen LogP contribution in [0.3, 0.4) is 0 Å². The molecule has 1 aromatic carbocycles. The minimum atomic E-state index is 0.113. The van der Waals surface area contributed by atoms with Gasteiger partial charge in [-0.3, -0.25) is 0 Å². The van der Waals surface area contributed by atoms with Crippen LogP contribution in [0.1, 0.15) is 25.5 Å². The van der Waals surface area contributed by atoms with E-state index < -0.39 is 0 Å². The maximum atomic E-state index is 5.87. The quantitative estimate of drug-likeness (QED) is 0.840. The summed E-state index contributed by atoms with van der Waals surface area (Å²) in [7, 11) is 0. The molecule has 1 nitrogen and oxygen atoms in total. The van der Waals surface area contributed by atoms with Gasteiger partial charge in [0.2, 0.25) is 0 Å². The van der Waals surface area contributed by atoms with Crippen LogP contribution in [-0.2, 0) is 0 Å². The van der Waals surface area contributed by atoms with Crippen molar-refractivity contribution >= 4 is 27.7 Å². The van der Waals surface area contributed by atoms with Crippen molar-refractivity contribution in [3.8, 4) is 0 Å². The van der Waals surface area contributed by atoms with Gasteiger partial charge >= 0.3 is 0 Å². The molecule has 13 heavy (non-hydrogen) atoms. The van der Waals surface area contributed by atoms with E-state index in [1.165, 1.54) is 10.5 Å². The molecule has 1 aromatic rings. The summed E-state index contributed by atoms with van der Waals surface area (Å²) < 4.78 is 1.12. The molecule has 0 aromatic heterocycles. The third kappa shape index (κ3) is 3.01. The monoisotopic (exact) mass is 259 g/mol. The van der Waals surface area contributed by atoms with Crippen LogP contribution in [0.2, 0.25) is 0 Å². The Kier molecular flexibility index (Phi) is 4.29. The van der Waals surface area contributed by atoms with Crippen molar-refractivity contribution in [1.82, 2.24) is 0 Å². The first kappa shape index (κ1) is 11.1. The highest BCUT2D eigenvalue weighted by atomic mass is 79.9. The maximum Gasteiger partial charge on any atom is 0.0277 e. The fraction of sp³-hybridized carbons (Fsp3) is 0.400. The molecule has 0 radical (unpaired) electrons. The maximum absolute atomic E-state index is 5.87. The molecule has 3 heteroatoms. The Balaban J connectivity index is 3.03. The summed E-state index contributed by atoms with van der Waals surface area (Å²) in [4.78, 5) is 1.28. The summed E-state index contributed by atoms with van der Waals surface area (Å²) in [5, 5.41) is 0. The first-order valence-corrected chi connectivity index (χ1v) is 6.10. The van der Waals surface area contributed by atoms with Gasteiger partial charge in [0.15, 0.2) is 0 Å². The summed E-state index contributed by atoms with van der Waals surface area (Å²) in [6.07, 6.45) is 0. The number of rotatable bonds is 3. The SMILES string of the molecule is CCSc1cc(Br)ccc1C(C)N. The van der Waals surface area contributed by atoms with Crippen molar-refractivity contribution in [3.05, 3.63) is 28.2 Å². The molecule has 0 fully saturated rings. The van der Waals surface area contributed by atoms with Gasteiger partial charge in [0, 0.05) is 15.4 Å². The molecule has 0 bridgehead atoms. The Labute approximate surface area is 92.2 Å². The summed E-state index contributed by atoms with van der Waals surface area (Å²) in [6.45, 7) is 4.17. The molecule has 0 amide bonds. The normalized spacial score (nSPS) is 12.9. The molecule has 0 aliphatic carbocycles. The average molecular weight is 260 g/mol. The van der Waals surface area contributed by atoms with Gasteiger partial charge in [0.25, 0.3) is 0 Å². The van der Waals surface area contributed by atoms with E-state index in [1.807, 2.05) is 24.8 Å². The van der Waals surface area contributed by atoms with Crippen LogP contribution in [0.15, 0.2) is 27.6 Å². The van der Waals surface area contributed by atoms with Crippen LogP contribution in [0.5, 0.6) is 0 Å². The van der Waals surface area contributed by atoms with Crippen molar-refractivity contribution in [2.75, 3.05) is 5.75 Å². The topological polar surface area (TPSA) is 26.0 Å². The van der Waals surface area contributed by atoms with Crippen LogP contribution in [-0.4, -0.2) is 5.75 Å². The van der Waals surface area contributed by atoms with Crippen molar-refractivity contribution in [2.24, 2.45) is 5.73 Å². The van der Waals surface area contributed by atoms with E-state index in [0.29, 0.717) is 0 Å². The van der Waals surface area contributed by atoms with Gasteiger partial charge in [-0.15, -0.1) is 11.8 Å². The molecule has 0 saturated carbocycles. The molecular formula is C10H14BrNS. The van der Waals surface area contributed by atoms with Gasteiger partial charge in [-0.25, -0.2) is 0 Å². The van der Waals surface area contributed by atoms with Crippen LogP contribution in [0.4, 0.5) is 0 Å². The number of halogens is 1. The van der Waals surface area contributed by atoms with E-state index >= 15 is 0 Å². The average Bonchev–Trinajstić information content (AvgIpc) is 2.04. The fourth-order valence-electron chi connectivity index (χ4n) is 1.16. The third-order valence-electron chi connectivity index (χ3n) is 1.77. The lowest BCUT2D eigenvalue weighted by atomic mass is 10.1. The van der Waals surface area contributed by atoms with E-state index in [9.17, 15) is 0 Å². The zero-order chi connectivity index (χ0) is 9.84. The van der Waals surface area contributed by atoms with Crippen molar-refractivity contribution in [3.63, 3.8) is 0 Å². The molecule has 1 rings (SSSR count). The van der Waals surface area contributed by atoms with Gasteiger partial charge in [0.05, 0.1) is 0 Å². The number of nitrogens with two attached hydrogens (primary N) is 1. The molecule has 72 valence electrons. The summed E-state index contributed by atoms with van der Waals surface area (Å²) in [5.74, 6) is 1.08. The largest absolute Gasteiger partial charge is 0.324 e. The number of hydrogen-bond donors (Lipinski definition) is 1. The minimum Gasteiger partial charge on any atom is -0.324 e. The summed E-state index contributed by atoms with van der Waals surface area (Å²) in [5.41, 5.74) is 7.10. The van der Waals surface area contributed by atoms with Crippen molar-refractivity contribution in [2.45, 2.75) is 24.8 Å². The Hall–Kier alpha value is 0.01000. The molecule has 0 heterocycles. The van der Waals surface area contributed by atoms with Crippen LogP contribution < -0.4 is 5.73 Å². The van der Waals surface area contributed by atoms with Gasteiger partial charge in [-0.1, -0.05) is 28.9 Å². The van der Waals surface area contributed by atoms with E-state index in [2.05, 4.69) is 35.0 Å². The number of thioether (sulfide) groups is 1. The molecule has 2 N–H and O–H groups in total. The molecule has 0 spiro atoms. The lowest BCUT2D eigenvalue weighted by Crippen LogP contribution is -2.06. The zero-order valence-electron chi connectivity index (χ0n) is 7.88. The second-order valence-corrected chi connectivity index (χ2v) is 5.13. The molecule has 1 unspecified atom stereocenters. The molecule has 1 atom stereocenters. The Morgan fingerprint density at radius 2 is 2.23 bits per heavy atom. The fourth-order valence-corrected chi connectivity index (χ4v) is 2.62. The summed E-state index contributed by atoms with van der Waals surface area (Å²) in [6, 6.07) is 6.38. The summed E-state index contributed by atoms with van der Waals surface area (Å²) >= 11 is 5.30. The number of hydrogen-bond acceptors (Lipinski definition) is 2. The Morgan fingerprint density at radius 3 is 2.77 bits per heavy atom. The Morgan fingerprint density at radius 1 is 1.54 bits per heavy atom. The Bertz CT molecular complexity index is 286. The van der Waals surface area contributed by atoms with Gasteiger partial charge in [-0.05, 0) is 30.4 Å². The lowest BCUT2D eigenvalue weighted by molar-refractivity contribution is 0.797. The standard InChI is InChI=1S/C10H14BrNS/c1-3-13-10-6-8(11)4-5-9(10)7(2)12/h4-7H,3,12H2,1-2H3. The highest BCUT2D eigenvalue weighted by Gasteiger charge is 2.06. The van der Waals surface area contributed by atoms with Crippen LogP contribution in [0.25, 0.3) is 0 Å². The van der Waals surface area contributed by atoms with Gasteiger partial charge in [-0.2, -0.15) is 0 Å². The smallest absolute Gasteiger partial charge is 0.0277 e. The van der Waals surface area contributed by atoms with Gasteiger partial charge < -0.3 is 5.73 Å². The predicted octanol–water partition coefficient (Wildman–Crippen LogP) is 3.58. The highest BCUT2D eigenvalue weighted by molar-refractivity contribution is 9.10. The van der Waals surface area contributed by atoms with Crippen molar-refractivity contribution in [1.29, 1.82) is 0 Å². The molecule has 0 saturated heterocycles. The van der Waals surface area contributed by atoms with Crippen LogP contribution in [0, 0.1) is 0 Å². The minimum absolute atomic E-state index is 0.113. The number of benzene rings is 1. The second kappa shape index (κ2) is 5.03. The molecule has 0 aliphatic heterocycles. The van der Waals surface area contributed by atoms with E-state index in [4.69, 9.17) is 5.73 Å². The first-order valence-electron chi connectivity index (χ1n) is 4.33. The highest BCUT2D eigenvalue weighted by Crippen LogP contribution is 2.29. The second-order valence-electron chi connectivity index (χ2n) is 2.90. The molecule has 0 aliphatic rings. The van der Waals surface area contributed by atoms with E-state index in [-0.39, 0.29) is 6.04 Å². The lowest BCUT2D eigenvalue weighted by Gasteiger charge is -2.11. The first-order chi connectivity index (χ1) is 6.15. The third-order valence-corrected chi connectivity index (χ3v) is 3.21. The van der Waals surface area contributed by atoms with Crippen molar-refractivity contribution < 1.29 is 0 Å². The predicted molar refractivity (Wildman–Crippen MR) is 63.1 cm³/mol. The van der Waals surface area contributed by atoms with E-state index in [0.717, 1.165) is 10.2 Å². The van der Waals surface area contributed by atoms with E-state index in [1.54, 1.807) is 0 Å². The van der Waals surface area contributed by atoms with Crippen LogP contribution >= 0.6 is 27.7 Å². The zero-order valence-corrected chi connectivity index (χ0v) is 10.3.